The van der Waals surface area contributed by atoms with Crippen molar-refractivity contribution >= 4 is 5.91 Å². The number of amides is 1. The fourth-order valence-electron chi connectivity index (χ4n) is 6.53. The van der Waals surface area contributed by atoms with Crippen molar-refractivity contribution in [3.63, 3.8) is 0 Å². The van der Waals surface area contributed by atoms with E-state index in [1.165, 1.54) is 12.0 Å². The zero-order valence-electron chi connectivity index (χ0n) is 21.3. The van der Waals surface area contributed by atoms with E-state index in [1.54, 1.807) is 0 Å². The Bertz CT molecular complexity index is 1180. The lowest BCUT2D eigenvalue weighted by Gasteiger charge is -2.38. The van der Waals surface area contributed by atoms with Crippen LogP contribution < -0.4 is 10.1 Å². The van der Waals surface area contributed by atoms with Gasteiger partial charge in [0.15, 0.2) is 5.60 Å². The van der Waals surface area contributed by atoms with E-state index < -0.39 is 5.60 Å². The first kappa shape index (κ1) is 24.2. The van der Waals surface area contributed by atoms with Crippen LogP contribution in [0.5, 0.6) is 11.5 Å². The third kappa shape index (κ3) is 5.03. The largest absolute Gasteiger partial charge is 0.457 e. The Balaban J connectivity index is 1.14. The van der Waals surface area contributed by atoms with Crippen LogP contribution in [0.25, 0.3) is 0 Å². The lowest BCUT2D eigenvalue weighted by Crippen LogP contribution is -2.51. The fraction of sp³-hybridized carbons (Fsp3) is 0.406. The van der Waals surface area contributed by atoms with Crippen LogP contribution in [0.1, 0.15) is 43.2 Å². The van der Waals surface area contributed by atoms with E-state index >= 15 is 0 Å². The van der Waals surface area contributed by atoms with Crippen molar-refractivity contribution in [3.05, 3.63) is 96.1 Å². The molecule has 6 rings (SSSR count). The Morgan fingerprint density at radius 2 is 1.43 bits per heavy atom. The molecule has 0 aromatic heterocycles. The van der Waals surface area contributed by atoms with Crippen LogP contribution in [0.3, 0.4) is 0 Å². The molecule has 3 fully saturated rings. The summed E-state index contributed by atoms with van der Waals surface area (Å²) in [6.45, 7) is 2.95. The van der Waals surface area contributed by atoms with Crippen molar-refractivity contribution < 1.29 is 14.6 Å². The minimum atomic E-state index is -1.52. The van der Waals surface area contributed by atoms with Gasteiger partial charge >= 0.3 is 0 Å². The molecule has 3 aromatic carbocycles. The SMILES string of the molecule is O=C(NC1C2CN(Cc3ccccc3)CC21)C(O)(c1ccc(Oc2ccccc2)cc1)C1CCCCC1. The van der Waals surface area contributed by atoms with E-state index in [1.807, 2.05) is 60.7 Å². The molecule has 2 aliphatic carbocycles. The number of carbonyl (C=O) groups is 1. The Morgan fingerprint density at radius 1 is 0.838 bits per heavy atom. The van der Waals surface area contributed by atoms with E-state index in [2.05, 4.69) is 34.5 Å². The highest BCUT2D eigenvalue weighted by molar-refractivity contribution is 5.87. The second-order valence-corrected chi connectivity index (χ2v) is 11.0. The lowest BCUT2D eigenvalue weighted by atomic mass is 9.72. The Morgan fingerprint density at radius 3 is 2.08 bits per heavy atom. The van der Waals surface area contributed by atoms with E-state index in [4.69, 9.17) is 4.74 Å². The number of nitrogens with zero attached hydrogens (tertiary/aromatic N) is 1. The van der Waals surface area contributed by atoms with E-state index in [0.29, 0.717) is 23.1 Å². The number of hydrogen-bond acceptors (Lipinski definition) is 4. The van der Waals surface area contributed by atoms with Gasteiger partial charge < -0.3 is 15.2 Å². The standard InChI is InChI=1S/C32H36N2O3/c35-31(33-30-28-21-34(22-29(28)30)20-23-10-4-1-5-11-23)32(36,24-12-6-2-7-13-24)25-16-18-27(19-17-25)37-26-14-8-3-9-15-26/h1,3-5,8-11,14-19,24,28-30,36H,2,6-7,12-13,20-22H2,(H,33,35). The molecule has 37 heavy (non-hydrogen) atoms. The number of para-hydroxylation sites is 1. The quantitative estimate of drug-likeness (QED) is 0.433. The molecule has 192 valence electrons. The number of hydrogen-bond donors (Lipinski definition) is 2. The maximum absolute atomic E-state index is 13.8. The monoisotopic (exact) mass is 496 g/mol. The third-order valence-electron chi connectivity index (χ3n) is 8.63. The van der Waals surface area contributed by atoms with Gasteiger partial charge in [0.2, 0.25) is 0 Å². The van der Waals surface area contributed by atoms with Gasteiger partial charge in [-0.1, -0.05) is 79.9 Å². The number of benzene rings is 3. The van der Waals surface area contributed by atoms with Gasteiger partial charge in [-0.15, -0.1) is 0 Å². The third-order valence-corrected chi connectivity index (χ3v) is 8.63. The minimum absolute atomic E-state index is 0.0738. The van der Waals surface area contributed by atoms with Crippen molar-refractivity contribution in [2.45, 2.75) is 50.3 Å². The van der Waals surface area contributed by atoms with Crippen LogP contribution in [0.2, 0.25) is 0 Å². The van der Waals surface area contributed by atoms with Crippen molar-refractivity contribution in [1.82, 2.24) is 10.2 Å². The first-order valence-corrected chi connectivity index (χ1v) is 13.7. The first-order valence-electron chi connectivity index (χ1n) is 13.7. The fourth-order valence-corrected chi connectivity index (χ4v) is 6.53. The van der Waals surface area contributed by atoms with Crippen molar-refractivity contribution in [2.75, 3.05) is 13.1 Å². The van der Waals surface area contributed by atoms with E-state index in [9.17, 15) is 9.90 Å². The summed E-state index contributed by atoms with van der Waals surface area (Å²) in [7, 11) is 0. The maximum Gasteiger partial charge on any atom is 0.257 e. The van der Waals surface area contributed by atoms with Crippen molar-refractivity contribution in [1.29, 1.82) is 0 Å². The number of ether oxygens (including phenoxy) is 1. The highest BCUT2D eigenvalue weighted by atomic mass is 16.5. The summed E-state index contributed by atoms with van der Waals surface area (Å²) in [6, 6.07) is 27.8. The molecule has 0 radical (unpaired) electrons. The molecular weight excluding hydrogens is 460 g/mol. The smallest absolute Gasteiger partial charge is 0.257 e. The Kier molecular flexibility index (Phi) is 6.74. The molecule has 5 heteroatoms. The maximum atomic E-state index is 13.8. The van der Waals surface area contributed by atoms with Gasteiger partial charge in [-0.2, -0.15) is 0 Å². The average Bonchev–Trinajstić information content (AvgIpc) is 3.38. The van der Waals surface area contributed by atoms with E-state index in [-0.39, 0.29) is 17.9 Å². The summed E-state index contributed by atoms with van der Waals surface area (Å²) < 4.78 is 5.94. The number of piperidine rings is 1. The predicted molar refractivity (Wildman–Crippen MR) is 144 cm³/mol. The summed E-state index contributed by atoms with van der Waals surface area (Å²) >= 11 is 0. The molecule has 3 unspecified atom stereocenters. The molecule has 3 atom stereocenters. The summed E-state index contributed by atoms with van der Waals surface area (Å²) in [5.41, 5.74) is 0.469. The molecule has 3 aliphatic rings. The molecular formula is C32H36N2O3. The van der Waals surface area contributed by atoms with Gasteiger partial charge in [0.05, 0.1) is 0 Å². The van der Waals surface area contributed by atoms with Gasteiger partial charge in [0, 0.05) is 31.6 Å². The van der Waals surface area contributed by atoms with Crippen LogP contribution in [-0.4, -0.2) is 35.0 Å². The second kappa shape index (κ2) is 10.3. The summed E-state index contributed by atoms with van der Waals surface area (Å²) in [4.78, 5) is 16.3. The normalized spacial score (nSPS) is 25.2. The minimum Gasteiger partial charge on any atom is -0.457 e. The number of fused-ring (bicyclic) bond motifs is 1. The highest BCUT2D eigenvalue weighted by Crippen LogP contribution is 2.47. The molecule has 1 amide bonds. The summed E-state index contributed by atoms with van der Waals surface area (Å²) in [5, 5.41) is 15.4. The van der Waals surface area contributed by atoms with Gasteiger partial charge in [0.1, 0.15) is 11.5 Å². The van der Waals surface area contributed by atoms with Crippen LogP contribution in [0, 0.1) is 17.8 Å². The van der Waals surface area contributed by atoms with Crippen LogP contribution in [0.15, 0.2) is 84.9 Å². The van der Waals surface area contributed by atoms with Gasteiger partial charge in [-0.05, 0) is 60.1 Å². The Hall–Kier alpha value is -3.15. The molecule has 2 saturated carbocycles. The molecule has 5 nitrogen and oxygen atoms in total. The zero-order chi connectivity index (χ0) is 25.2. The molecule has 1 saturated heterocycles. The van der Waals surface area contributed by atoms with E-state index in [0.717, 1.165) is 51.1 Å². The molecule has 2 N–H and O–H groups in total. The van der Waals surface area contributed by atoms with Gasteiger partial charge in [-0.3, -0.25) is 9.69 Å². The number of nitrogens with one attached hydrogen (secondary N) is 1. The van der Waals surface area contributed by atoms with Crippen molar-refractivity contribution in [3.8, 4) is 11.5 Å². The zero-order valence-corrected chi connectivity index (χ0v) is 21.3. The number of likely N-dealkylation sites (tertiary alicyclic amines) is 1. The number of rotatable bonds is 8. The highest BCUT2D eigenvalue weighted by Gasteiger charge is 2.58. The first-order chi connectivity index (χ1) is 18.1. The average molecular weight is 497 g/mol. The predicted octanol–water partition coefficient (Wildman–Crippen LogP) is 5.49. The molecule has 3 aromatic rings. The summed E-state index contributed by atoms with van der Waals surface area (Å²) in [6.07, 6.45) is 5.02. The van der Waals surface area contributed by atoms with Crippen LogP contribution in [0.4, 0.5) is 0 Å². The van der Waals surface area contributed by atoms with Gasteiger partial charge in [-0.25, -0.2) is 0 Å². The second-order valence-electron chi connectivity index (χ2n) is 11.0. The summed E-state index contributed by atoms with van der Waals surface area (Å²) in [5.74, 6) is 2.10. The topological polar surface area (TPSA) is 61.8 Å². The molecule has 1 aliphatic heterocycles. The molecule has 0 spiro atoms. The number of carbonyl (C=O) groups excluding carboxylic acids is 1. The molecule has 1 heterocycles. The van der Waals surface area contributed by atoms with Crippen LogP contribution >= 0.6 is 0 Å². The molecule has 0 bridgehead atoms. The van der Waals surface area contributed by atoms with Gasteiger partial charge in [0.25, 0.3) is 5.91 Å². The lowest BCUT2D eigenvalue weighted by molar-refractivity contribution is -0.149. The van der Waals surface area contributed by atoms with Crippen LogP contribution in [-0.2, 0) is 16.9 Å². The Labute approximate surface area is 219 Å². The number of aliphatic hydroxyl groups is 1. The van der Waals surface area contributed by atoms with Crippen molar-refractivity contribution in [2.24, 2.45) is 17.8 Å².